The Hall–Kier alpha value is -0.630. The van der Waals surface area contributed by atoms with Crippen LogP contribution < -0.4 is 0 Å². The standard InChI is InChI=1S/C15H22O2/c1-8-5-10(17)12-13-11(8)15(12,4)7-9(16)6-14(13,2)3/h5,9,11-13,16H,6-7H2,1-4H3/t9-,11-,12?,13?,15+/m0/s1. The molecule has 17 heavy (non-hydrogen) atoms. The van der Waals surface area contributed by atoms with Crippen LogP contribution in [0.3, 0.4) is 0 Å². The van der Waals surface area contributed by atoms with E-state index in [1.807, 2.05) is 6.08 Å². The highest BCUT2D eigenvalue weighted by atomic mass is 16.3. The molecule has 0 heterocycles. The van der Waals surface area contributed by atoms with Gasteiger partial charge in [0.1, 0.15) is 0 Å². The molecule has 2 fully saturated rings. The van der Waals surface area contributed by atoms with Gasteiger partial charge in [-0.05, 0) is 48.5 Å². The second-order valence-corrected chi connectivity index (χ2v) is 7.33. The van der Waals surface area contributed by atoms with Crippen molar-refractivity contribution in [1.82, 2.24) is 0 Å². The van der Waals surface area contributed by atoms with Gasteiger partial charge in [0.15, 0.2) is 5.78 Å². The molecule has 4 aliphatic rings. The first-order valence-electron chi connectivity index (χ1n) is 6.67. The summed E-state index contributed by atoms with van der Waals surface area (Å²) in [5.41, 5.74) is 1.34. The number of carbonyl (C=O) groups is 1. The molecule has 5 atom stereocenters. The van der Waals surface area contributed by atoms with Gasteiger partial charge in [0.2, 0.25) is 0 Å². The Morgan fingerprint density at radius 3 is 2.47 bits per heavy atom. The lowest BCUT2D eigenvalue weighted by molar-refractivity contribution is -0.164. The molecule has 0 amide bonds. The van der Waals surface area contributed by atoms with E-state index >= 15 is 0 Å². The lowest BCUT2D eigenvalue weighted by Gasteiger charge is -2.64. The van der Waals surface area contributed by atoms with Crippen LogP contribution in [0.2, 0.25) is 0 Å². The molecule has 4 rings (SSSR count). The Bertz CT molecular complexity index is 421. The molecular formula is C15H22O2. The molecule has 1 N–H and O–H groups in total. The fourth-order valence-corrected chi connectivity index (χ4v) is 5.28. The Labute approximate surface area is 103 Å². The molecular weight excluding hydrogens is 212 g/mol. The highest BCUT2D eigenvalue weighted by molar-refractivity contribution is 5.96. The van der Waals surface area contributed by atoms with Crippen LogP contribution in [-0.4, -0.2) is 17.0 Å². The van der Waals surface area contributed by atoms with E-state index in [1.165, 1.54) is 5.57 Å². The fraction of sp³-hybridized carbons (Fsp3) is 0.800. The third kappa shape index (κ3) is 1.22. The summed E-state index contributed by atoms with van der Waals surface area (Å²) in [5.74, 6) is 1.42. The molecule has 0 radical (unpaired) electrons. The van der Waals surface area contributed by atoms with Crippen molar-refractivity contribution in [2.75, 3.05) is 0 Å². The maximum atomic E-state index is 12.3. The summed E-state index contributed by atoms with van der Waals surface area (Å²) < 4.78 is 0. The Balaban J connectivity index is 2.13. The van der Waals surface area contributed by atoms with Crippen LogP contribution in [0.5, 0.6) is 0 Å². The van der Waals surface area contributed by atoms with Crippen molar-refractivity contribution in [3.8, 4) is 0 Å². The molecule has 2 nitrogen and oxygen atoms in total. The number of hydrogen-bond acceptors (Lipinski definition) is 2. The second kappa shape index (κ2) is 3.03. The minimum Gasteiger partial charge on any atom is -0.393 e. The number of fused-ring (bicyclic) bond motifs is 1. The third-order valence-corrected chi connectivity index (χ3v) is 5.65. The van der Waals surface area contributed by atoms with Crippen LogP contribution in [0.15, 0.2) is 11.6 Å². The molecule has 2 unspecified atom stereocenters. The quantitative estimate of drug-likeness (QED) is 0.699. The van der Waals surface area contributed by atoms with Crippen LogP contribution in [0.25, 0.3) is 0 Å². The minimum atomic E-state index is -0.244. The largest absolute Gasteiger partial charge is 0.393 e. The van der Waals surface area contributed by atoms with Gasteiger partial charge in [-0.15, -0.1) is 0 Å². The molecule has 0 aliphatic heterocycles. The van der Waals surface area contributed by atoms with E-state index in [1.54, 1.807) is 0 Å². The SMILES string of the molecule is CC1=CC(=O)C2C3[C@H]1[C@@]2(C)C[C@@H](O)CC3(C)C. The molecule has 0 aromatic rings. The Morgan fingerprint density at radius 1 is 1.24 bits per heavy atom. The normalized spacial score (nSPS) is 51.4. The van der Waals surface area contributed by atoms with Crippen LogP contribution >= 0.6 is 0 Å². The first kappa shape index (κ1) is 11.5. The van der Waals surface area contributed by atoms with Gasteiger partial charge in [-0.2, -0.15) is 0 Å². The highest BCUT2D eigenvalue weighted by Gasteiger charge is 2.69. The van der Waals surface area contributed by atoms with Crippen LogP contribution in [0.1, 0.15) is 40.5 Å². The van der Waals surface area contributed by atoms with Gasteiger partial charge in [-0.25, -0.2) is 0 Å². The van der Waals surface area contributed by atoms with Crippen LogP contribution in [-0.2, 0) is 4.79 Å². The summed E-state index contributed by atoms with van der Waals surface area (Å²) >= 11 is 0. The maximum Gasteiger partial charge on any atom is 0.159 e. The minimum absolute atomic E-state index is 0.0216. The zero-order chi connectivity index (χ0) is 12.6. The van der Waals surface area contributed by atoms with Crippen LogP contribution in [0.4, 0.5) is 0 Å². The smallest absolute Gasteiger partial charge is 0.159 e. The van der Waals surface area contributed by atoms with Crippen molar-refractivity contribution >= 4 is 5.78 Å². The summed E-state index contributed by atoms with van der Waals surface area (Å²) in [7, 11) is 0. The van der Waals surface area contributed by atoms with Crippen molar-refractivity contribution in [3.63, 3.8) is 0 Å². The number of aliphatic hydroxyl groups is 1. The summed E-state index contributed by atoms with van der Waals surface area (Å²) in [4.78, 5) is 12.3. The predicted octanol–water partition coefficient (Wildman–Crippen LogP) is 2.56. The van der Waals surface area contributed by atoms with Gasteiger partial charge in [-0.3, -0.25) is 4.79 Å². The third-order valence-electron chi connectivity index (χ3n) is 5.65. The van der Waals surface area contributed by atoms with Crippen molar-refractivity contribution in [1.29, 1.82) is 0 Å². The summed E-state index contributed by atoms with van der Waals surface area (Å²) in [6.45, 7) is 8.74. The zero-order valence-corrected chi connectivity index (χ0v) is 11.2. The van der Waals surface area contributed by atoms with Gasteiger partial charge in [-0.1, -0.05) is 26.3 Å². The Kier molecular flexibility index (Phi) is 2.04. The molecule has 4 aliphatic carbocycles. The van der Waals surface area contributed by atoms with E-state index in [2.05, 4.69) is 27.7 Å². The average Bonchev–Trinajstić information content (AvgIpc) is 2.23. The average molecular weight is 234 g/mol. The van der Waals surface area contributed by atoms with Gasteiger partial charge < -0.3 is 5.11 Å². The molecule has 2 heteroatoms. The van der Waals surface area contributed by atoms with Crippen molar-refractivity contribution in [2.45, 2.75) is 46.6 Å². The lowest BCUT2D eigenvalue weighted by atomic mass is 9.38. The summed E-state index contributed by atoms with van der Waals surface area (Å²) in [6.07, 6.45) is 3.23. The molecule has 2 saturated carbocycles. The van der Waals surface area contributed by atoms with E-state index in [0.717, 1.165) is 12.8 Å². The van der Waals surface area contributed by atoms with Gasteiger partial charge >= 0.3 is 0 Å². The maximum absolute atomic E-state index is 12.3. The van der Waals surface area contributed by atoms with E-state index in [9.17, 15) is 9.90 Å². The molecule has 0 saturated heterocycles. The molecule has 0 aromatic carbocycles. The monoisotopic (exact) mass is 234 g/mol. The zero-order valence-electron chi connectivity index (χ0n) is 11.2. The number of carbonyl (C=O) groups excluding carboxylic acids is 1. The summed E-state index contributed by atoms with van der Waals surface area (Å²) in [5, 5.41) is 10.2. The van der Waals surface area contributed by atoms with Crippen LogP contribution in [0, 0.1) is 28.6 Å². The number of allylic oxidation sites excluding steroid dienone is 2. The second-order valence-electron chi connectivity index (χ2n) is 7.33. The number of ketones is 1. The number of aliphatic hydroxyl groups excluding tert-OH is 1. The fourth-order valence-electron chi connectivity index (χ4n) is 5.28. The first-order chi connectivity index (χ1) is 7.77. The van der Waals surface area contributed by atoms with Crippen molar-refractivity contribution in [3.05, 3.63) is 11.6 Å². The van der Waals surface area contributed by atoms with E-state index in [0.29, 0.717) is 17.6 Å². The van der Waals surface area contributed by atoms with E-state index in [4.69, 9.17) is 0 Å². The number of hydrogen-bond donors (Lipinski definition) is 1. The summed E-state index contributed by atoms with van der Waals surface area (Å²) in [6, 6.07) is 0. The van der Waals surface area contributed by atoms with Gasteiger partial charge in [0.05, 0.1) is 6.10 Å². The van der Waals surface area contributed by atoms with E-state index < -0.39 is 0 Å². The molecule has 4 bridgehead atoms. The number of rotatable bonds is 0. The first-order valence-corrected chi connectivity index (χ1v) is 6.67. The predicted molar refractivity (Wildman–Crippen MR) is 66.4 cm³/mol. The topological polar surface area (TPSA) is 37.3 Å². The lowest BCUT2D eigenvalue weighted by Crippen LogP contribution is -2.63. The molecule has 0 aromatic heterocycles. The van der Waals surface area contributed by atoms with Gasteiger partial charge in [0.25, 0.3) is 0 Å². The Morgan fingerprint density at radius 2 is 1.88 bits per heavy atom. The highest BCUT2D eigenvalue weighted by Crippen LogP contribution is 2.71. The van der Waals surface area contributed by atoms with Gasteiger partial charge in [0, 0.05) is 5.92 Å². The molecule has 94 valence electrons. The van der Waals surface area contributed by atoms with Crippen molar-refractivity contribution < 1.29 is 9.90 Å². The molecule has 0 spiro atoms. The van der Waals surface area contributed by atoms with Crippen molar-refractivity contribution in [2.24, 2.45) is 28.6 Å². The van der Waals surface area contributed by atoms with E-state index in [-0.39, 0.29) is 22.9 Å².